The monoisotopic (exact) mass is 355 g/mol. The summed E-state index contributed by atoms with van der Waals surface area (Å²) in [7, 11) is 0. The van der Waals surface area contributed by atoms with Gasteiger partial charge in [0.2, 0.25) is 0 Å². The second-order valence-corrected chi connectivity index (χ2v) is 5.19. The lowest BCUT2D eigenvalue weighted by Gasteiger charge is -2.15. The van der Waals surface area contributed by atoms with Gasteiger partial charge >= 0.3 is 5.97 Å². The van der Waals surface area contributed by atoms with Crippen molar-refractivity contribution in [2.75, 3.05) is 6.61 Å². The van der Waals surface area contributed by atoms with Gasteiger partial charge in [0, 0.05) is 17.7 Å². The van der Waals surface area contributed by atoms with Gasteiger partial charge in [0.25, 0.3) is 5.91 Å². The van der Waals surface area contributed by atoms with E-state index in [9.17, 15) is 27.2 Å². The zero-order chi connectivity index (χ0) is 18.6. The molecule has 0 bridgehead atoms. The van der Waals surface area contributed by atoms with Crippen LogP contribution in [-0.2, 0) is 9.53 Å². The summed E-state index contributed by atoms with van der Waals surface area (Å²) in [5, 5.41) is 2.36. The van der Waals surface area contributed by atoms with Crippen molar-refractivity contribution in [3.05, 3.63) is 70.8 Å². The highest BCUT2D eigenvalue weighted by Crippen LogP contribution is 2.17. The summed E-state index contributed by atoms with van der Waals surface area (Å²) in [6.07, 6.45) is 0. The first-order chi connectivity index (χ1) is 11.8. The van der Waals surface area contributed by atoms with Crippen LogP contribution in [-0.4, -0.2) is 18.5 Å². The van der Waals surface area contributed by atoms with Gasteiger partial charge in [-0.05, 0) is 25.1 Å². The van der Waals surface area contributed by atoms with Crippen molar-refractivity contribution in [3.8, 4) is 0 Å². The average molecular weight is 355 g/mol. The van der Waals surface area contributed by atoms with Crippen LogP contribution in [0.25, 0.3) is 0 Å². The second-order valence-electron chi connectivity index (χ2n) is 5.19. The molecule has 0 saturated carbocycles. The molecule has 0 aliphatic carbocycles. The third-order valence-corrected chi connectivity index (χ3v) is 3.24. The predicted octanol–water partition coefficient (Wildman–Crippen LogP) is 3.28. The van der Waals surface area contributed by atoms with E-state index in [1.54, 1.807) is 0 Å². The third kappa shape index (κ3) is 5.03. The molecule has 0 unspecified atom stereocenters. The predicted molar refractivity (Wildman–Crippen MR) is 79.6 cm³/mol. The van der Waals surface area contributed by atoms with Gasteiger partial charge in [-0.15, -0.1) is 0 Å². The number of amides is 1. The molecular weight excluding hydrogens is 342 g/mol. The highest BCUT2D eigenvalue weighted by molar-refractivity contribution is 5.91. The van der Waals surface area contributed by atoms with E-state index >= 15 is 0 Å². The lowest BCUT2D eigenvalue weighted by molar-refractivity contribution is -0.124. The minimum Gasteiger partial charge on any atom is -0.452 e. The van der Waals surface area contributed by atoms with Crippen molar-refractivity contribution >= 4 is 11.9 Å². The molecule has 0 fully saturated rings. The number of hydrogen-bond donors (Lipinski definition) is 1. The van der Waals surface area contributed by atoms with E-state index in [0.29, 0.717) is 12.1 Å². The Morgan fingerprint density at radius 3 is 2.24 bits per heavy atom. The minimum atomic E-state index is -1.09. The molecular formula is C17H13F4NO3. The van der Waals surface area contributed by atoms with Gasteiger partial charge in [0.15, 0.2) is 6.61 Å². The molecule has 0 aliphatic rings. The summed E-state index contributed by atoms with van der Waals surface area (Å²) in [6.45, 7) is 0.724. The van der Waals surface area contributed by atoms with Crippen molar-refractivity contribution in [1.82, 2.24) is 5.32 Å². The van der Waals surface area contributed by atoms with Crippen molar-refractivity contribution < 1.29 is 31.9 Å². The molecule has 1 N–H and O–H groups in total. The quantitative estimate of drug-likeness (QED) is 0.662. The van der Waals surface area contributed by atoms with Gasteiger partial charge in [-0.3, -0.25) is 4.79 Å². The standard InChI is InChI=1S/C17H13F4NO3/c1-9(14-3-2-11(18)7-15(14)21)22-16(23)8-25-17(24)10-4-12(19)6-13(20)5-10/h2-7,9H,8H2,1H3,(H,22,23)/t9-/m1/s1. The van der Waals surface area contributed by atoms with E-state index in [4.69, 9.17) is 0 Å². The third-order valence-electron chi connectivity index (χ3n) is 3.24. The van der Waals surface area contributed by atoms with Crippen LogP contribution in [0.5, 0.6) is 0 Å². The van der Waals surface area contributed by atoms with E-state index in [1.165, 1.54) is 13.0 Å². The first-order valence-electron chi connectivity index (χ1n) is 7.14. The highest BCUT2D eigenvalue weighted by atomic mass is 19.1. The summed E-state index contributed by atoms with van der Waals surface area (Å²) in [5.74, 6) is -5.36. The fourth-order valence-corrected chi connectivity index (χ4v) is 2.10. The van der Waals surface area contributed by atoms with Crippen molar-refractivity contribution in [3.63, 3.8) is 0 Å². The fraction of sp³-hybridized carbons (Fsp3) is 0.176. The SMILES string of the molecule is C[C@@H](NC(=O)COC(=O)c1cc(F)cc(F)c1)c1ccc(F)cc1F. The number of carbonyl (C=O) groups is 2. The molecule has 8 heteroatoms. The fourth-order valence-electron chi connectivity index (χ4n) is 2.10. The lowest BCUT2D eigenvalue weighted by Crippen LogP contribution is -2.31. The summed E-state index contributed by atoms with van der Waals surface area (Å²) < 4.78 is 57.2. The Hall–Kier alpha value is -2.90. The first-order valence-corrected chi connectivity index (χ1v) is 7.14. The molecule has 0 aromatic heterocycles. The molecule has 0 saturated heterocycles. The normalized spacial score (nSPS) is 11.7. The van der Waals surface area contributed by atoms with Crippen LogP contribution in [0.3, 0.4) is 0 Å². The number of rotatable bonds is 5. The summed E-state index contributed by atoms with van der Waals surface area (Å²) in [6, 6.07) is 4.20. The minimum absolute atomic E-state index is 0.0493. The van der Waals surface area contributed by atoms with Gasteiger partial charge in [-0.25, -0.2) is 22.4 Å². The first kappa shape index (κ1) is 18.4. The molecule has 132 valence electrons. The van der Waals surface area contributed by atoms with Crippen LogP contribution in [0, 0.1) is 23.3 Å². The van der Waals surface area contributed by atoms with E-state index in [0.717, 1.165) is 18.2 Å². The highest BCUT2D eigenvalue weighted by Gasteiger charge is 2.17. The molecule has 2 rings (SSSR count). The Labute approximate surface area is 140 Å². The molecule has 2 aromatic carbocycles. The number of ether oxygens (including phenoxy) is 1. The summed E-state index contributed by atoms with van der Waals surface area (Å²) in [4.78, 5) is 23.4. The Morgan fingerprint density at radius 2 is 1.64 bits per heavy atom. The van der Waals surface area contributed by atoms with Gasteiger partial charge in [-0.2, -0.15) is 0 Å². The number of halogens is 4. The Balaban J connectivity index is 1.92. The molecule has 0 heterocycles. The molecule has 4 nitrogen and oxygen atoms in total. The molecule has 0 aliphatic heterocycles. The van der Waals surface area contributed by atoms with Crippen LogP contribution in [0.15, 0.2) is 36.4 Å². The molecule has 0 radical (unpaired) electrons. The van der Waals surface area contributed by atoms with Crippen LogP contribution in [0.1, 0.15) is 28.9 Å². The molecule has 1 amide bonds. The van der Waals surface area contributed by atoms with Crippen molar-refractivity contribution in [2.45, 2.75) is 13.0 Å². The molecule has 25 heavy (non-hydrogen) atoms. The maximum absolute atomic E-state index is 13.6. The summed E-state index contributed by atoms with van der Waals surface area (Å²) in [5.41, 5.74) is -0.337. The number of nitrogens with one attached hydrogen (secondary N) is 1. The number of esters is 1. The zero-order valence-corrected chi connectivity index (χ0v) is 13.0. The van der Waals surface area contributed by atoms with Gasteiger partial charge < -0.3 is 10.1 Å². The molecule has 1 atom stereocenters. The molecule has 0 spiro atoms. The smallest absolute Gasteiger partial charge is 0.338 e. The van der Waals surface area contributed by atoms with Crippen molar-refractivity contribution in [1.29, 1.82) is 0 Å². The largest absolute Gasteiger partial charge is 0.452 e. The number of carbonyl (C=O) groups excluding carboxylic acids is 2. The van der Waals surface area contributed by atoms with Crippen LogP contribution < -0.4 is 5.32 Å². The zero-order valence-electron chi connectivity index (χ0n) is 13.0. The topological polar surface area (TPSA) is 55.4 Å². The van der Waals surface area contributed by atoms with Gasteiger partial charge in [0.1, 0.15) is 23.3 Å². The van der Waals surface area contributed by atoms with E-state index in [1.807, 2.05) is 0 Å². The van der Waals surface area contributed by atoms with Gasteiger partial charge in [0.05, 0.1) is 11.6 Å². The lowest BCUT2D eigenvalue weighted by atomic mass is 10.1. The van der Waals surface area contributed by atoms with Crippen LogP contribution in [0.2, 0.25) is 0 Å². The Bertz CT molecular complexity index is 790. The number of hydrogen-bond acceptors (Lipinski definition) is 3. The summed E-state index contributed by atoms with van der Waals surface area (Å²) >= 11 is 0. The van der Waals surface area contributed by atoms with E-state index in [-0.39, 0.29) is 11.1 Å². The molecule has 2 aromatic rings. The average Bonchev–Trinajstić information content (AvgIpc) is 2.51. The Kier molecular flexibility index (Phi) is 5.74. The van der Waals surface area contributed by atoms with Crippen LogP contribution in [0.4, 0.5) is 17.6 Å². The van der Waals surface area contributed by atoms with Gasteiger partial charge in [-0.1, -0.05) is 6.07 Å². The Morgan fingerprint density at radius 1 is 1.00 bits per heavy atom. The second kappa shape index (κ2) is 7.78. The maximum Gasteiger partial charge on any atom is 0.338 e. The van der Waals surface area contributed by atoms with E-state index in [2.05, 4.69) is 10.1 Å². The maximum atomic E-state index is 13.6. The van der Waals surface area contributed by atoms with E-state index < -0.39 is 47.8 Å². The van der Waals surface area contributed by atoms with Crippen LogP contribution >= 0.6 is 0 Å². The number of benzene rings is 2. The van der Waals surface area contributed by atoms with Crippen molar-refractivity contribution in [2.24, 2.45) is 0 Å².